The lowest BCUT2D eigenvalue weighted by Gasteiger charge is -2.06. The van der Waals surface area contributed by atoms with Gasteiger partial charge in [0.25, 0.3) is 0 Å². The van der Waals surface area contributed by atoms with Gasteiger partial charge in [-0.15, -0.1) is 10.2 Å². The number of benzene rings is 4. The van der Waals surface area contributed by atoms with E-state index in [0.717, 1.165) is 11.0 Å². The van der Waals surface area contributed by atoms with Crippen LogP contribution in [0.15, 0.2) is 105 Å². The van der Waals surface area contributed by atoms with Gasteiger partial charge in [0.2, 0.25) is 0 Å². The quantitative estimate of drug-likeness (QED) is 0.264. The molecule has 0 saturated carbocycles. The van der Waals surface area contributed by atoms with Gasteiger partial charge in [-0.3, -0.25) is 9.59 Å². The molecule has 0 amide bonds. The van der Waals surface area contributed by atoms with Crippen molar-refractivity contribution in [3.63, 3.8) is 0 Å². The molecule has 0 radical (unpaired) electrons. The highest BCUT2D eigenvalue weighted by Gasteiger charge is 2.11. The van der Waals surface area contributed by atoms with Gasteiger partial charge in [-0.2, -0.15) is 0 Å². The number of nitrogens with one attached hydrogen (secondary N) is 2. The number of hydrogen-bond donors (Lipinski definition) is 2. The van der Waals surface area contributed by atoms with Crippen molar-refractivity contribution in [1.29, 1.82) is 0 Å². The second-order valence-corrected chi connectivity index (χ2v) is 7.60. The van der Waals surface area contributed by atoms with Crippen LogP contribution < -0.4 is 10.9 Å². The van der Waals surface area contributed by atoms with Crippen LogP contribution in [0.5, 0.6) is 0 Å². The van der Waals surface area contributed by atoms with Crippen molar-refractivity contribution in [2.24, 2.45) is 10.2 Å². The van der Waals surface area contributed by atoms with E-state index in [2.05, 4.69) is 20.2 Å². The topological polar surface area (TPSA) is 90.4 Å². The summed E-state index contributed by atoms with van der Waals surface area (Å²) in [7, 11) is 0. The average molecular weight is 416 g/mol. The van der Waals surface area contributed by atoms with Crippen molar-refractivity contribution >= 4 is 55.0 Å². The molecular weight excluding hydrogens is 400 g/mol. The van der Waals surface area contributed by atoms with Crippen LogP contribution in [0.2, 0.25) is 0 Å². The van der Waals surface area contributed by atoms with Gasteiger partial charge in [0.05, 0.1) is 33.2 Å². The van der Waals surface area contributed by atoms with Crippen LogP contribution in [0.25, 0.3) is 43.6 Å². The highest BCUT2D eigenvalue weighted by molar-refractivity contribution is 5.99. The predicted octanol–water partition coefficient (Wildman–Crippen LogP) is 6.09. The number of para-hydroxylation sites is 2. The molecule has 6 nitrogen and oxygen atoms in total. The van der Waals surface area contributed by atoms with Gasteiger partial charge < -0.3 is 9.97 Å². The molecule has 6 heteroatoms. The Morgan fingerprint density at radius 2 is 0.875 bits per heavy atom. The van der Waals surface area contributed by atoms with Crippen molar-refractivity contribution in [2.75, 3.05) is 0 Å². The Morgan fingerprint density at radius 1 is 0.469 bits per heavy atom. The molecule has 0 bridgehead atoms. The summed E-state index contributed by atoms with van der Waals surface area (Å²) in [5.74, 6) is 0. The van der Waals surface area contributed by atoms with E-state index < -0.39 is 0 Å². The fraction of sp³-hybridized carbons (Fsp3) is 0. The molecule has 0 spiro atoms. The van der Waals surface area contributed by atoms with E-state index in [1.54, 1.807) is 24.3 Å². The van der Waals surface area contributed by atoms with Crippen LogP contribution in [-0.2, 0) is 0 Å². The predicted molar refractivity (Wildman–Crippen MR) is 128 cm³/mol. The molecule has 6 rings (SSSR count). The van der Waals surface area contributed by atoms with Crippen LogP contribution in [-0.4, -0.2) is 9.97 Å². The average Bonchev–Trinajstić information content (AvgIpc) is 2.83. The first-order valence-electron chi connectivity index (χ1n) is 10.2. The first-order valence-corrected chi connectivity index (χ1v) is 10.2. The Morgan fingerprint density at radius 3 is 1.34 bits per heavy atom. The number of fused-ring (bicyclic) bond motifs is 4. The van der Waals surface area contributed by atoms with Gasteiger partial charge >= 0.3 is 0 Å². The number of aromatic nitrogens is 2. The highest BCUT2D eigenvalue weighted by atomic mass is 16.1. The second-order valence-electron chi connectivity index (χ2n) is 7.60. The van der Waals surface area contributed by atoms with E-state index in [-0.39, 0.29) is 10.9 Å². The summed E-state index contributed by atoms with van der Waals surface area (Å²) in [6, 6.07) is 25.6. The van der Waals surface area contributed by atoms with Gasteiger partial charge in [-0.25, -0.2) is 0 Å². The molecule has 0 aliphatic heterocycles. The van der Waals surface area contributed by atoms with E-state index in [0.29, 0.717) is 44.0 Å². The van der Waals surface area contributed by atoms with E-state index in [1.807, 2.05) is 60.7 Å². The molecule has 2 heterocycles. The third kappa shape index (κ3) is 2.74. The zero-order valence-corrected chi connectivity index (χ0v) is 16.8. The lowest BCUT2D eigenvalue weighted by molar-refractivity contribution is 1.25. The van der Waals surface area contributed by atoms with Gasteiger partial charge in [-0.1, -0.05) is 36.4 Å². The molecule has 2 aromatic heterocycles. The van der Waals surface area contributed by atoms with Crippen molar-refractivity contribution in [3.8, 4) is 0 Å². The summed E-state index contributed by atoms with van der Waals surface area (Å²) in [5.41, 5.74) is 3.60. The first-order chi connectivity index (χ1) is 15.7. The Bertz CT molecular complexity index is 1700. The summed E-state index contributed by atoms with van der Waals surface area (Å²) >= 11 is 0. The molecule has 4 aromatic carbocycles. The molecule has 152 valence electrons. The summed E-state index contributed by atoms with van der Waals surface area (Å²) in [5, 5.41) is 10.9. The van der Waals surface area contributed by atoms with Crippen LogP contribution in [0.3, 0.4) is 0 Å². The molecule has 0 atom stereocenters. The second kappa shape index (κ2) is 6.99. The molecule has 0 unspecified atom stereocenters. The minimum atomic E-state index is -0.106. The summed E-state index contributed by atoms with van der Waals surface area (Å²) in [6.07, 6.45) is 0. The maximum absolute atomic E-state index is 13.2. The normalized spacial score (nSPS) is 11.9. The molecule has 0 fully saturated rings. The maximum atomic E-state index is 13.2. The minimum Gasteiger partial charge on any atom is -0.354 e. The lowest BCUT2D eigenvalue weighted by atomic mass is 10.1. The number of aromatic amines is 2. The van der Waals surface area contributed by atoms with Crippen molar-refractivity contribution in [2.45, 2.75) is 0 Å². The molecular formula is C26H16N4O2. The Labute approximate surface area is 180 Å². The number of rotatable bonds is 2. The third-order valence-electron chi connectivity index (χ3n) is 5.69. The van der Waals surface area contributed by atoms with E-state index in [1.165, 1.54) is 0 Å². The number of azo groups is 1. The van der Waals surface area contributed by atoms with Crippen molar-refractivity contribution in [3.05, 3.63) is 105 Å². The molecule has 0 saturated heterocycles. The fourth-order valence-electron chi connectivity index (χ4n) is 4.18. The fourth-order valence-corrected chi connectivity index (χ4v) is 4.18. The zero-order chi connectivity index (χ0) is 21.7. The number of nitrogens with zero attached hydrogens (tertiary/aromatic N) is 2. The zero-order valence-electron chi connectivity index (χ0n) is 16.8. The molecule has 0 aliphatic rings. The van der Waals surface area contributed by atoms with Crippen LogP contribution >= 0.6 is 0 Å². The molecule has 0 aliphatic carbocycles. The monoisotopic (exact) mass is 416 g/mol. The van der Waals surface area contributed by atoms with Crippen LogP contribution in [0.1, 0.15) is 0 Å². The van der Waals surface area contributed by atoms with E-state index >= 15 is 0 Å². The molecule has 6 aromatic rings. The largest absolute Gasteiger partial charge is 0.354 e. The maximum Gasteiger partial charge on any atom is 0.199 e. The number of pyridine rings is 2. The van der Waals surface area contributed by atoms with Crippen molar-refractivity contribution in [1.82, 2.24) is 9.97 Å². The summed E-state index contributed by atoms with van der Waals surface area (Å²) in [4.78, 5) is 32.9. The Kier molecular flexibility index (Phi) is 3.98. The van der Waals surface area contributed by atoms with Crippen molar-refractivity contribution < 1.29 is 0 Å². The first kappa shape index (κ1) is 18.2. The molecule has 2 N–H and O–H groups in total. The summed E-state index contributed by atoms with van der Waals surface area (Å²) in [6.45, 7) is 0. The summed E-state index contributed by atoms with van der Waals surface area (Å²) < 4.78 is 0. The van der Waals surface area contributed by atoms with Gasteiger partial charge in [0, 0.05) is 21.8 Å². The van der Waals surface area contributed by atoms with Gasteiger partial charge in [0.15, 0.2) is 10.9 Å². The SMILES string of the molecule is O=c1c2ccccc2[nH]c2cccc(N=Nc3cccc4[nH]c5ccccc5c(=O)c34)c12. The minimum absolute atomic E-state index is 0.106. The van der Waals surface area contributed by atoms with Crippen LogP contribution in [0, 0.1) is 0 Å². The van der Waals surface area contributed by atoms with E-state index in [9.17, 15) is 9.59 Å². The third-order valence-corrected chi connectivity index (χ3v) is 5.69. The standard InChI is InChI=1S/C26H16N4O2/c31-25-15-7-1-3-9-17(15)27-19-11-5-13-21(23(19)25)29-30-22-14-6-12-20-24(22)26(32)16-8-2-4-10-18(16)28-20/h1-14H,(H,27,31)(H,28,32). The van der Waals surface area contributed by atoms with Gasteiger partial charge in [0.1, 0.15) is 0 Å². The molecule has 32 heavy (non-hydrogen) atoms. The lowest BCUT2D eigenvalue weighted by Crippen LogP contribution is -2.04. The van der Waals surface area contributed by atoms with E-state index in [4.69, 9.17) is 0 Å². The Balaban J connectivity index is 1.58. The van der Waals surface area contributed by atoms with Gasteiger partial charge in [-0.05, 0) is 48.5 Å². The number of H-pyrrole nitrogens is 2. The highest BCUT2D eigenvalue weighted by Crippen LogP contribution is 2.29. The Hall–Kier alpha value is -4.58. The smallest absolute Gasteiger partial charge is 0.199 e. The number of hydrogen-bond acceptors (Lipinski definition) is 4. The van der Waals surface area contributed by atoms with Crippen LogP contribution in [0.4, 0.5) is 11.4 Å².